The lowest BCUT2D eigenvalue weighted by molar-refractivity contribution is 0.102. The van der Waals surface area contributed by atoms with Crippen molar-refractivity contribution in [3.63, 3.8) is 0 Å². The highest BCUT2D eigenvalue weighted by atomic mass is 32.1. The molecule has 0 aliphatic heterocycles. The number of hydrogen-bond donors (Lipinski definition) is 1. The van der Waals surface area contributed by atoms with Gasteiger partial charge in [-0.2, -0.15) is 0 Å². The lowest BCUT2D eigenvalue weighted by Gasteiger charge is -2.19. The zero-order valence-corrected chi connectivity index (χ0v) is 13.7. The van der Waals surface area contributed by atoms with E-state index in [-0.39, 0.29) is 11.3 Å². The highest BCUT2D eigenvalue weighted by Crippen LogP contribution is 2.24. The maximum absolute atomic E-state index is 12.3. The summed E-state index contributed by atoms with van der Waals surface area (Å²) in [6.07, 6.45) is 0. The standard InChI is InChI=1S/C18H18N2OS/c1-18(2,3)13-6-4-12(5-7-13)17(21)20-14-8-9-16-15(10-14)19-11-22-16/h4-11H,1-3H3,(H,20,21). The molecule has 4 heteroatoms. The lowest BCUT2D eigenvalue weighted by Crippen LogP contribution is -2.14. The Hall–Kier alpha value is -2.20. The Bertz CT molecular complexity index is 813. The molecule has 0 fully saturated rings. The van der Waals surface area contributed by atoms with E-state index in [0.29, 0.717) is 5.56 Å². The van der Waals surface area contributed by atoms with Gasteiger partial charge in [-0.3, -0.25) is 4.79 Å². The van der Waals surface area contributed by atoms with E-state index in [1.807, 2.05) is 48.0 Å². The molecule has 0 aliphatic carbocycles. The summed E-state index contributed by atoms with van der Waals surface area (Å²) in [5.41, 5.74) is 5.44. The fourth-order valence-electron chi connectivity index (χ4n) is 2.26. The van der Waals surface area contributed by atoms with Gasteiger partial charge in [0.15, 0.2) is 0 Å². The van der Waals surface area contributed by atoms with Gasteiger partial charge in [0, 0.05) is 11.3 Å². The number of hydrogen-bond acceptors (Lipinski definition) is 3. The molecule has 0 radical (unpaired) electrons. The Morgan fingerprint density at radius 1 is 1.09 bits per heavy atom. The minimum absolute atomic E-state index is 0.0880. The summed E-state index contributed by atoms with van der Waals surface area (Å²) in [7, 11) is 0. The lowest BCUT2D eigenvalue weighted by atomic mass is 9.87. The maximum atomic E-state index is 12.3. The largest absolute Gasteiger partial charge is 0.322 e. The first kappa shape index (κ1) is 14.7. The Balaban J connectivity index is 1.78. The first-order chi connectivity index (χ1) is 10.4. The third kappa shape index (κ3) is 3.02. The summed E-state index contributed by atoms with van der Waals surface area (Å²) in [5, 5.41) is 2.92. The molecule has 0 atom stereocenters. The summed E-state index contributed by atoms with van der Waals surface area (Å²) in [5.74, 6) is -0.102. The van der Waals surface area contributed by atoms with Gasteiger partial charge in [-0.25, -0.2) is 4.98 Å². The molecule has 1 heterocycles. The minimum atomic E-state index is -0.102. The quantitative estimate of drug-likeness (QED) is 0.735. The summed E-state index contributed by atoms with van der Waals surface area (Å²) >= 11 is 1.59. The van der Waals surface area contributed by atoms with Crippen molar-refractivity contribution in [3.05, 3.63) is 59.1 Å². The number of thiazole rings is 1. The van der Waals surface area contributed by atoms with E-state index in [9.17, 15) is 4.79 Å². The van der Waals surface area contributed by atoms with Gasteiger partial charge in [-0.05, 0) is 41.3 Å². The monoisotopic (exact) mass is 310 g/mol. The van der Waals surface area contributed by atoms with E-state index in [2.05, 4.69) is 31.1 Å². The maximum Gasteiger partial charge on any atom is 0.255 e. The van der Waals surface area contributed by atoms with Gasteiger partial charge < -0.3 is 5.32 Å². The fourth-order valence-corrected chi connectivity index (χ4v) is 2.92. The molecule has 2 aromatic carbocycles. The molecule has 1 aromatic heterocycles. The van der Waals surface area contributed by atoms with Crippen LogP contribution in [-0.4, -0.2) is 10.9 Å². The van der Waals surface area contributed by atoms with Crippen LogP contribution >= 0.6 is 11.3 Å². The average molecular weight is 310 g/mol. The van der Waals surface area contributed by atoms with Crippen LogP contribution in [-0.2, 0) is 5.41 Å². The zero-order chi connectivity index (χ0) is 15.7. The van der Waals surface area contributed by atoms with Crippen molar-refractivity contribution in [2.24, 2.45) is 0 Å². The predicted octanol–water partition coefficient (Wildman–Crippen LogP) is 4.85. The summed E-state index contributed by atoms with van der Waals surface area (Å²) < 4.78 is 1.12. The zero-order valence-electron chi connectivity index (χ0n) is 12.9. The van der Waals surface area contributed by atoms with Crippen molar-refractivity contribution in [1.29, 1.82) is 0 Å². The van der Waals surface area contributed by atoms with Crippen molar-refractivity contribution in [2.45, 2.75) is 26.2 Å². The number of rotatable bonds is 2. The number of fused-ring (bicyclic) bond motifs is 1. The van der Waals surface area contributed by atoms with Crippen LogP contribution in [0, 0.1) is 0 Å². The van der Waals surface area contributed by atoms with Crippen molar-refractivity contribution in [2.75, 3.05) is 5.32 Å². The highest BCUT2D eigenvalue weighted by molar-refractivity contribution is 7.16. The molecular formula is C18H18N2OS. The average Bonchev–Trinajstić information content (AvgIpc) is 2.94. The SMILES string of the molecule is CC(C)(C)c1ccc(C(=O)Nc2ccc3scnc3c2)cc1. The molecule has 22 heavy (non-hydrogen) atoms. The molecule has 0 bridgehead atoms. The van der Waals surface area contributed by atoms with E-state index in [1.54, 1.807) is 11.3 Å². The second kappa shape index (κ2) is 5.54. The van der Waals surface area contributed by atoms with Crippen LogP contribution in [0.15, 0.2) is 48.0 Å². The highest BCUT2D eigenvalue weighted by Gasteiger charge is 2.14. The van der Waals surface area contributed by atoms with Crippen LogP contribution in [0.25, 0.3) is 10.2 Å². The fraction of sp³-hybridized carbons (Fsp3) is 0.222. The van der Waals surface area contributed by atoms with Crippen molar-refractivity contribution in [3.8, 4) is 0 Å². The Morgan fingerprint density at radius 2 is 1.82 bits per heavy atom. The molecule has 0 saturated carbocycles. The number of anilines is 1. The van der Waals surface area contributed by atoms with Crippen molar-refractivity contribution >= 4 is 33.1 Å². The van der Waals surface area contributed by atoms with E-state index >= 15 is 0 Å². The Labute approximate surface area is 134 Å². The van der Waals surface area contributed by atoms with E-state index in [1.165, 1.54) is 5.56 Å². The molecule has 3 rings (SSSR count). The van der Waals surface area contributed by atoms with Crippen LogP contribution in [0.3, 0.4) is 0 Å². The van der Waals surface area contributed by atoms with Crippen LogP contribution in [0.1, 0.15) is 36.7 Å². The molecule has 1 amide bonds. The van der Waals surface area contributed by atoms with Gasteiger partial charge in [0.25, 0.3) is 5.91 Å². The van der Waals surface area contributed by atoms with Crippen LogP contribution in [0.5, 0.6) is 0 Å². The van der Waals surface area contributed by atoms with Gasteiger partial charge in [-0.1, -0.05) is 32.9 Å². The first-order valence-electron chi connectivity index (χ1n) is 7.19. The Kier molecular flexibility index (Phi) is 3.71. The van der Waals surface area contributed by atoms with Crippen molar-refractivity contribution in [1.82, 2.24) is 4.98 Å². The van der Waals surface area contributed by atoms with Gasteiger partial charge >= 0.3 is 0 Å². The number of carbonyl (C=O) groups is 1. The number of nitrogens with one attached hydrogen (secondary N) is 1. The summed E-state index contributed by atoms with van der Waals surface area (Å²) in [6.45, 7) is 6.47. The number of amides is 1. The summed E-state index contributed by atoms with van der Waals surface area (Å²) in [6, 6.07) is 13.5. The predicted molar refractivity (Wildman–Crippen MR) is 92.7 cm³/mol. The van der Waals surface area contributed by atoms with E-state index < -0.39 is 0 Å². The second-order valence-corrected chi connectivity index (χ2v) is 7.20. The molecule has 0 aliphatic rings. The van der Waals surface area contributed by atoms with Crippen LogP contribution in [0.4, 0.5) is 5.69 Å². The number of carbonyl (C=O) groups excluding carboxylic acids is 1. The topological polar surface area (TPSA) is 42.0 Å². The van der Waals surface area contributed by atoms with Crippen LogP contribution < -0.4 is 5.32 Å². The van der Waals surface area contributed by atoms with E-state index in [0.717, 1.165) is 15.9 Å². The smallest absolute Gasteiger partial charge is 0.255 e. The van der Waals surface area contributed by atoms with Gasteiger partial charge in [0.05, 0.1) is 15.7 Å². The normalized spacial score (nSPS) is 11.6. The molecule has 0 unspecified atom stereocenters. The number of nitrogens with zero attached hydrogens (tertiary/aromatic N) is 1. The molecule has 112 valence electrons. The summed E-state index contributed by atoms with van der Waals surface area (Å²) in [4.78, 5) is 16.6. The number of benzene rings is 2. The molecule has 3 nitrogen and oxygen atoms in total. The second-order valence-electron chi connectivity index (χ2n) is 6.32. The minimum Gasteiger partial charge on any atom is -0.322 e. The van der Waals surface area contributed by atoms with E-state index in [4.69, 9.17) is 0 Å². The molecular weight excluding hydrogens is 292 g/mol. The van der Waals surface area contributed by atoms with Gasteiger partial charge in [-0.15, -0.1) is 11.3 Å². The van der Waals surface area contributed by atoms with Gasteiger partial charge in [0.2, 0.25) is 0 Å². The molecule has 0 saturated heterocycles. The van der Waals surface area contributed by atoms with Gasteiger partial charge in [0.1, 0.15) is 0 Å². The first-order valence-corrected chi connectivity index (χ1v) is 8.06. The van der Waals surface area contributed by atoms with Crippen molar-refractivity contribution < 1.29 is 4.79 Å². The molecule has 0 spiro atoms. The third-order valence-corrected chi connectivity index (χ3v) is 4.41. The molecule has 3 aromatic rings. The van der Waals surface area contributed by atoms with Crippen LogP contribution in [0.2, 0.25) is 0 Å². The Morgan fingerprint density at radius 3 is 2.50 bits per heavy atom. The number of aromatic nitrogens is 1. The molecule has 1 N–H and O–H groups in total. The third-order valence-electron chi connectivity index (χ3n) is 3.60.